The molecule has 0 bridgehead atoms. The van der Waals surface area contributed by atoms with Crippen molar-refractivity contribution in [2.75, 3.05) is 13.1 Å². The van der Waals surface area contributed by atoms with E-state index in [0.29, 0.717) is 17.7 Å². The number of halogens is 11. The van der Waals surface area contributed by atoms with Gasteiger partial charge in [-0.1, -0.05) is 12.8 Å². The summed E-state index contributed by atoms with van der Waals surface area (Å²) >= 11 is 0. The molecule has 5 atom stereocenters. The number of hydrogen-bond acceptors (Lipinski definition) is 2. The van der Waals surface area contributed by atoms with Crippen molar-refractivity contribution in [1.82, 2.24) is 4.90 Å². The standard InChI is InChI=1S/C16H20F11NO/c17-11(15(22,23)24)14(20,21)10-6-5-9(29-10)13(19,16(25,26)27)12(18)28-7-3-1-2-4-8-28/h9-12H,1-8H2. The lowest BCUT2D eigenvalue weighted by molar-refractivity contribution is -0.314. The maximum Gasteiger partial charge on any atom is 0.429 e. The monoisotopic (exact) mass is 451 g/mol. The van der Waals surface area contributed by atoms with Crippen molar-refractivity contribution >= 4 is 0 Å². The summed E-state index contributed by atoms with van der Waals surface area (Å²) in [6.07, 6.45) is -26.3. The normalized spacial score (nSPS) is 29.9. The first-order chi connectivity index (χ1) is 13.1. The Balaban J connectivity index is 2.26. The summed E-state index contributed by atoms with van der Waals surface area (Å²) in [5.41, 5.74) is -4.76. The van der Waals surface area contributed by atoms with Gasteiger partial charge in [0.15, 0.2) is 6.30 Å². The molecule has 0 saturated carbocycles. The van der Waals surface area contributed by atoms with Crippen LogP contribution in [0.1, 0.15) is 38.5 Å². The number of alkyl halides is 11. The minimum absolute atomic E-state index is 0.212. The van der Waals surface area contributed by atoms with E-state index in [2.05, 4.69) is 4.74 Å². The maximum absolute atomic E-state index is 15.1. The second kappa shape index (κ2) is 8.35. The molecule has 2 saturated heterocycles. The van der Waals surface area contributed by atoms with Crippen LogP contribution in [0.2, 0.25) is 0 Å². The van der Waals surface area contributed by atoms with Crippen molar-refractivity contribution < 1.29 is 53.0 Å². The summed E-state index contributed by atoms with van der Waals surface area (Å²) in [6, 6.07) is 0. The Labute approximate surface area is 159 Å². The molecule has 2 rings (SSSR count). The molecule has 0 N–H and O–H groups in total. The van der Waals surface area contributed by atoms with Crippen LogP contribution in [0.5, 0.6) is 0 Å². The zero-order chi connectivity index (χ0) is 22.3. The van der Waals surface area contributed by atoms with Crippen molar-refractivity contribution in [2.24, 2.45) is 0 Å². The maximum atomic E-state index is 15.1. The van der Waals surface area contributed by atoms with Crippen LogP contribution in [0, 0.1) is 0 Å². The van der Waals surface area contributed by atoms with Gasteiger partial charge in [-0.15, -0.1) is 0 Å². The molecule has 0 aromatic rings. The summed E-state index contributed by atoms with van der Waals surface area (Å²) in [7, 11) is 0. The van der Waals surface area contributed by atoms with Gasteiger partial charge >= 0.3 is 18.3 Å². The molecule has 2 nitrogen and oxygen atoms in total. The zero-order valence-electron chi connectivity index (χ0n) is 15.0. The summed E-state index contributed by atoms with van der Waals surface area (Å²) < 4.78 is 152. The van der Waals surface area contributed by atoms with E-state index in [1.807, 2.05) is 0 Å². The van der Waals surface area contributed by atoms with Gasteiger partial charge in [0.2, 0.25) is 0 Å². The van der Waals surface area contributed by atoms with Crippen molar-refractivity contribution in [3.05, 3.63) is 0 Å². The number of nitrogens with zero attached hydrogens (tertiary/aromatic N) is 1. The van der Waals surface area contributed by atoms with E-state index in [9.17, 15) is 43.9 Å². The number of hydrogen-bond donors (Lipinski definition) is 0. The van der Waals surface area contributed by atoms with E-state index in [1.165, 1.54) is 0 Å². The molecule has 0 radical (unpaired) electrons. The smallest absolute Gasteiger partial charge is 0.365 e. The molecule has 0 aromatic carbocycles. The van der Waals surface area contributed by atoms with Gasteiger partial charge in [-0.2, -0.15) is 26.3 Å². The molecular formula is C16H20F11NO. The highest BCUT2D eigenvalue weighted by atomic mass is 19.4. The molecule has 172 valence electrons. The van der Waals surface area contributed by atoms with E-state index in [4.69, 9.17) is 0 Å². The van der Waals surface area contributed by atoms with Crippen molar-refractivity contribution in [2.45, 2.75) is 87.1 Å². The highest BCUT2D eigenvalue weighted by Crippen LogP contribution is 2.50. The number of ether oxygens (including phenoxy) is 1. The van der Waals surface area contributed by atoms with Gasteiger partial charge in [-0.05, 0) is 25.7 Å². The Morgan fingerprint density at radius 1 is 0.724 bits per heavy atom. The molecule has 2 heterocycles. The minimum Gasteiger partial charge on any atom is -0.365 e. The lowest BCUT2D eigenvalue weighted by atomic mass is 9.92. The summed E-state index contributed by atoms with van der Waals surface area (Å²) in [6.45, 7) is -0.425. The van der Waals surface area contributed by atoms with Gasteiger partial charge in [0.25, 0.3) is 11.8 Å². The Morgan fingerprint density at radius 2 is 1.21 bits per heavy atom. The van der Waals surface area contributed by atoms with Crippen LogP contribution in [0.4, 0.5) is 48.3 Å². The van der Waals surface area contributed by atoms with Gasteiger partial charge in [0.1, 0.15) is 12.2 Å². The van der Waals surface area contributed by atoms with Crippen LogP contribution in [0.3, 0.4) is 0 Å². The van der Waals surface area contributed by atoms with Crippen LogP contribution in [-0.2, 0) is 4.74 Å². The van der Waals surface area contributed by atoms with E-state index in [0.717, 1.165) is 0 Å². The predicted molar refractivity (Wildman–Crippen MR) is 78.6 cm³/mol. The summed E-state index contributed by atoms with van der Waals surface area (Å²) in [5.74, 6) is -5.26. The van der Waals surface area contributed by atoms with Gasteiger partial charge in [0, 0.05) is 13.1 Å². The summed E-state index contributed by atoms with van der Waals surface area (Å²) in [4.78, 5) is 0.586. The molecule has 0 aliphatic carbocycles. The highest BCUT2D eigenvalue weighted by molar-refractivity contribution is 5.05. The fourth-order valence-electron chi connectivity index (χ4n) is 3.67. The number of rotatable bonds is 5. The number of likely N-dealkylation sites (tertiary alicyclic amines) is 1. The topological polar surface area (TPSA) is 12.5 Å². The van der Waals surface area contributed by atoms with Gasteiger partial charge in [-0.3, -0.25) is 4.90 Å². The molecule has 2 aliphatic heterocycles. The molecule has 0 amide bonds. The van der Waals surface area contributed by atoms with Crippen molar-refractivity contribution in [3.8, 4) is 0 Å². The molecule has 2 aliphatic rings. The zero-order valence-corrected chi connectivity index (χ0v) is 15.0. The van der Waals surface area contributed by atoms with Crippen LogP contribution in [-0.4, -0.2) is 66.6 Å². The van der Waals surface area contributed by atoms with Crippen molar-refractivity contribution in [3.63, 3.8) is 0 Å². The van der Waals surface area contributed by atoms with Gasteiger partial charge < -0.3 is 4.74 Å². The average molecular weight is 451 g/mol. The predicted octanol–water partition coefficient (Wildman–Crippen LogP) is 5.51. The van der Waals surface area contributed by atoms with Gasteiger partial charge in [0.05, 0.1) is 0 Å². The Hall–Kier alpha value is -0.850. The van der Waals surface area contributed by atoms with E-state index in [1.54, 1.807) is 0 Å². The quantitative estimate of drug-likeness (QED) is 0.404. The molecule has 2 fully saturated rings. The first-order valence-corrected chi connectivity index (χ1v) is 9.01. The third-order valence-electron chi connectivity index (χ3n) is 5.29. The fraction of sp³-hybridized carbons (Fsp3) is 1.00. The third-order valence-corrected chi connectivity index (χ3v) is 5.29. The molecule has 0 spiro atoms. The van der Waals surface area contributed by atoms with E-state index >= 15 is 4.39 Å². The Kier molecular flexibility index (Phi) is 7.03. The molecule has 0 aromatic heterocycles. The van der Waals surface area contributed by atoms with E-state index in [-0.39, 0.29) is 25.9 Å². The highest BCUT2D eigenvalue weighted by Gasteiger charge is 2.71. The SMILES string of the molecule is FC(C(F)(F)F)C(F)(F)C1CCC(C(F)(C(F)N2CCCCCC2)C(F)(F)F)O1. The summed E-state index contributed by atoms with van der Waals surface area (Å²) in [5, 5.41) is 0. The minimum atomic E-state index is -6.00. The second-order valence-electron chi connectivity index (χ2n) is 7.32. The average Bonchev–Trinajstić information content (AvgIpc) is 2.95. The molecular weight excluding hydrogens is 431 g/mol. The molecule has 5 unspecified atom stereocenters. The Morgan fingerprint density at radius 3 is 1.66 bits per heavy atom. The van der Waals surface area contributed by atoms with Crippen LogP contribution in [0.15, 0.2) is 0 Å². The fourth-order valence-corrected chi connectivity index (χ4v) is 3.67. The Bertz CT molecular complexity index is 544. The van der Waals surface area contributed by atoms with Crippen LogP contribution < -0.4 is 0 Å². The molecule has 13 heteroatoms. The van der Waals surface area contributed by atoms with Crippen molar-refractivity contribution in [1.29, 1.82) is 0 Å². The van der Waals surface area contributed by atoms with Gasteiger partial charge in [-0.25, -0.2) is 22.0 Å². The third kappa shape index (κ3) is 4.75. The molecule has 29 heavy (non-hydrogen) atoms. The van der Waals surface area contributed by atoms with Crippen LogP contribution >= 0.6 is 0 Å². The lowest BCUT2D eigenvalue weighted by Crippen LogP contribution is -2.63. The first-order valence-electron chi connectivity index (χ1n) is 9.01. The van der Waals surface area contributed by atoms with Crippen LogP contribution in [0.25, 0.3) is 0 Å². The second-order valence-corrected chi connectivity index (χ2v) is 7.32. The first kappa shape index (κ1) is 24.4. The lowest BCUT2D eigenvalue weighted by Gasteiger charge is -2.40. The largest absolute Gasteiger partial charge is 0.429 e. The van der Waals surface area contributed by atoms with E-state index < -0.39 is 61.5 Å².